The first-order valence-electron chi connectivity index (χ1n) is 9.47. The van der Waals surface area contributed by atoms with Crippen LogP contribution in [0.2, 0.25) is 0 Å². The minimum absolute atomic E-state index is 0.173. The fraction of sp³-hybridized carbons (Fsp3) is 0.800. The van der Waals surface area contributed by atoms with Crippen LogP contribution < -0.4 is 0 Å². The molecule has 6 nitrogen and oxygen atoms in total. The van der Waals surface area contributed by atoms with E-state index in [4.69, 9.17) is 4.74 Å². The highest BCUT2D eigenvalue weighted by atomic mass is 16.6. The Balaban J connectivity index is 1.96. The van der Waals surface area contributed by atoms with Gasteiger partial charge in [-0.25, -0.2) is 4.79 Å². The molecule has 1 aliphatic heterocycles. The molecule has 3 aliphatic rings. The van der Waals surface area contributed by atoms with E-state index in [1.807, 2.05) is 20.8 Å². The van der Waals surface area contributed by atoms with E-state index in [2.05, 4.69) is 0 Å². The van der Waals surface area contributed by atoms with Gasteiger partial charge in [-0.15, -0.1) is 0 Å². The Morgan fingerprint density at radius 3 is 2.42 bits per heavy atom. The van der Waals surface area contributed by atoms with Gasteiger partial charge in [-0.05, 0) is 31.1 Å². The van der Waals surface area contributed by atoms with Crippen molar-refractivity contribution in [1.82, 2.24) is 0 Å². The first-order valence-corrected chi connectivity index (χ1v) is 9.47. The van der Waals surface area contributed by atoms with Crippen LogP contribution in [-0.4, -0.2) is 45.1 Å². The van der Waals surface area contributed by atoms with Crippen LogP contribution in [0.1, 0.15) is 59.8 Å². The quantitative estimate of drug-likeness (QED) is 0.657. The highest BCUT2D eigenvalue weighted by Gasteiger charge is 2.66. The monoisotopic (exact) mass is 366 g/mol. The number of cyclic esters (lactones) is 1. The van der Waals surface area contributed by atoms with Crippen molar-refractivity contribution in [2.75, 3.05) is 0 Å². The van der Waals surface area contributed by atoms with Crippen molar-refractivity contribution in [3.8, 4) is 0 Å². The lowest BCUT2D eigenvalue weighted by molar-refractivity contribution is -0.229. The second-order valence-electron chi connectivity index (χ2n) is 9.26. The van der Waals surface area contributed by atoms with Crippen molar-refractivity contribution in [3.63, 3.8) is 0 Å². The summed E-state index contributed by atoms with van der Waals surface area (Å²) in [6, 6.07) is 0. The smallest absolute Gasteiger partial charge is 0.333 e. The van der Waals surface area contributed by atoms with Gasteiger partial charge in [0.2, 0.25) is 6.29 Å². The van der Waals surface area contributed by atoms with Gasteiger partial charge in [0.05, 0.1) is 5.60 Å². The number of ketones is 1. The molecule has 0 aromatic carbocycles. The van der Waals surface area contributed by atoms with Gasteiger partial charge in [-0.1, -0.05) is 34.1 Å². The topological polar surface area (TPSA) is 104 Å². The Hall–Kier alpha value is -1.24. The van der Waals surface area contributed by atoms with Gasteiger partial charge >= 0.3 is 5.97 Å². The van der Waals surface area contributed by atoms with Crippen LogP contribution in [0.4, 0.5) is 0 Å². The summed E-state index contributed by atoms with van der Waals surface area (Å²) in [5.41, 5.74) is -1.82. The molecule has 0 unspecified atom stereocenters. The van der Waals surface area contributed by atoms with E-state index >= 15 is 0 Å². The fourth-order valence-corrected chi connectivity index (χ4v) is 5.91. The predicted molar refractivity (Wildman–Crippen MR) is 93.8 cm³/mol. The van der Waals surface area contributed by atoms with Crippen LogP contribution in [0.15, 0.2) is 11.6 Å². The summed E-state index contributed by atoms with van der Waals surface area (Å²) in [7, 11) is 0. The molecule has 146 valence electrons. The van der Waals surface area contributed by atoms with Gasteiger partial charge in [0.15, 0.2) is 5.78 Å². The highest BCUT2D eigenvalue weighted by molar-refractivity contribution is 5.88. The number of rotatable bonds is 3. The first kappa shape index (κ1) is 19.5. The van der Waals surface area contributed by atoms with Gasteiger partial charge in [-0.3, -0.25) is 4.79 Å². The molecule has 2 saturated carbocycles. The number of hydrogen-bond donors (Lipinski definition) is 3. The number of Topliss-reactive ketones (excluding diaryl/α,β-unsaturated/α-hetero) is 1. The molecule has 6 heteroatoms. The van der Waals surface area contributed by atoms with Crippen molar-refractivity contribution < 1.29 is 29.6 Å². The van der Waals surface area contributed by atoms with Crippen molar-refractivity contribution in [3.05, 3.63) is 11.6 Å². The number of carbonyl (C=O) groups is 2. The maximum Gasteiger partial charge on any atom is 0.333 e. The fourth-order valence-electron chi connectivity index (χ4n) is 5.91. The Morgan fingerprint density at radius 1 is 1.19 bits per heavy atom. The Morgan fingerprint density at radius 2 is 1.85 bits per heavy atom. The highest BCUT2D eigenvalue weighted by Crippen LogP contribution is 2.62. The van der Waals surface area contributed by atoms with Crippen molar-refractivity contribution in [2.45, 2.75) is 77.8 Å². The summed E-state index contributed by atoms with van der Waals surface area (Å²) in [6.07, 6.45) is 1.79. The lowest BCUT2D eigenvalue weighted by atomic mass is 9.43. The summed E-state index contributed by atoms with van der Waals surface area (Å²) >= 11 is 0. The van der Waals surface area contributed by atoms with Crippen molar-refractivity contribution >= 4 is 11.8 Å². The number of carbonyl (C=O) groups excluding carboxylic acids is 2. The number of esters is 1. The zero-order valence-electron chi connectivity index (χ0n) is 16.0. The molecule has 3 rings (SSSR count). The molecule has 0 aromatic rings. The largest absolute Gasteiger partial charge is 0.429 e. The summed E-state index contributed by atoms with van der Waals surface area (Å²) in [6.45, 7) is 7.74. The van der Waals surface area contributed by atoms with Crippen LogP contribution in [-0.2, 0) is 14.3 Å². The molecular weight excluding hydrogens is 336 g/mol. The van der Waals surface area contributed by atoms with E-state index in [9.17, 15) is 24.9 Å². The maximum atomic E-state index is 13.0. The standard InChI is InChI=1S/C20H30O6/c1-11-14(22)15(23)16-18(2,3)7-5-8-19(16,4)20(11,25)9-6-12-10-13(21)26-17(12)24/h10-11,14,16-17,22,24-25H,5-9H2,1-4H3/t11-,14-,16+,17+,19+,20-/m1/s1. The molecular formula is C20H30O6. The average molecular weight is 366 g/mol. The van der Waals surface area contributed by atoms with Crippen LogP contribution >= 0.6 is 0 Å². The third-order valence-electron chi connectivity index (χ3n) is 7.37. The second kappa shape index (κ2) is 6.14. The zero-order valence-corrected chi connectivity index (χ0v) is 16.0. The molecule has 0 aromatic heterocycles. The van der Waals surface area contributed by atoms with Gasteiger partial charge in [-0.2, -0.15) is 0 Å². The molecule has 2 aliphatic carbocycles. The normalized spacial score (nSPS) is 45.1. The molecule has 2 fully saturated rings. The number of ether oxygens (including phenoxy) is 1. The number of hydrogen-bond acceptors (Lipinski definition) is 6. The lowest BCUT2D eigenvalue weighted by Gasteiger charge is -2.63. The minimum atomic E-state index is -1.28. The summed E-state index contributed by atoms with van der Waals surface area (Å²) in [4.78, 5) is 24.3. The average Bonchev–Trinajstić information content (AvgIpc) is 2.86. The number of fused-ring (bicyclic) bond motifs is 1. The van der Waals surface area contributed by atoms with E-state index in [0.29, 0.717) is 12.0 Å². The maximum absolute atomic E-state index is 13.0. The molecule has 0 radical (unpaired) electrons. The molecule has 0 amide bonds. The second-order valence-corrected chi connectivity index (χ2v) is 9.26. The minimum Gasteiger partial charge on any atom is -0.429 e. The summed E-state index contributed by atoms with van der Waals surface area (Å²) < 4.78 is 4.72. The molecule has 0 spiro atoms. The molecule has 0 saturated heterocycles. The van der Waals surface area contributed by atoms with Crippen LogP contribution in [0.3, 0.4) is 0 Å². The zero-order chi connectivity index (χ0) is 19.5. The van der Waals surface area contributed by atoms with Crippen molar-refractivity contribution in [2.24, 2.45) is 22.7 Å². The van der Waals surface area contributed by atoms with Gasteiger partial charge in [0, 0.05) is 28.9 Å². The number of aliphatic hydroxyl groups excluding tert-OH is 2. The van der Waals surface area contributed by atoms with E-state index in [1.165, 1.54) is 6.08 Å². The van der Waals surface area contributed by atoms with Crippen LogP contribution in [0, 0.1) is 22.7 Å². The van der Waals surface area contributed by atoms with E-state index in [1.54, 1.807) is 6.92 Å². The Bertz CT molecular complexity index is 653. The van der Waals surface area contributed by atoms with Crippen LogP contribution in [0.5, 0.6) is 0 Å². The third kappa shape index (κ3) is 2.65. The summed E-state index contributed by atoms with van der Waals surface area (Å²) in [5, 5.41) is 32.2. The lowest BCUT2D eigenvalue weighted by Crippen LogP contribution is -2.69. The Labute approximate surface area is 154 Å². The first-order chi connectivity index (χ1) is 11.9. The molecule has 0 bridgehead atoms. The van der Waals surface area contributed by atoms with Gasteiger partial charge in [0.25, 0.3) is 0 Å². The Kier molecular flexibility index (Phi) is 4.61. The third-order valence-corrected chi connectivity index (χ3v) is 7.37. The van der Waals surface area contributed by atoms with Gasteiger partial charge in [0.1, 0.15) is 6.10 Å². The molecule has 26 heavy (non-hydrogen) atoms. The number of aliphatic hydroxyl groups is 3. The summed E-state index contributed by atoms with van der Waals surface area (Å²) in [5.74, 6) is -1.82. The van der Waals surface area contributed by atoms with Crippen LogP contribution in [0.25, 0.3) is 0 Å². The predicted octanol–water partition coefficient (Wildman–Crippen LogP) is 1.71. The molecule has 6 atom stereocenters. The van der Waals surface area contributed by atoms with E-state index < -0.39 is 41.2 Å². The molecule has 1 heterocycles. The van der Waals surface area contributed by atoms with E-state index in [-0.39, 0.29) is 24.0 Å². The van der Waals surface area contributed by atoms with E-state index in [0.717, 1.165) is 12.8 Å². The van der Waals surface area contributed by atoms with Crippen molar-refractivity contribution in [1.29, 1.82) is 0 Å². The SMILES string of the molecule is C[C@@H]1[C@@H](O)C(=O)[C@H]2C(C)(C)CCC[C@]2(C)[C@@]1(O)CCC1=CC(=O)O[C@@H]1O. The van der Waals surface area contributed by atoms with Gasteiger partial charge < -0.3 is 20.1 Å². The molecule has 3 N–H and O–H groups in total.